The average Bonchev–Trinajstić information content (AvgIpc) is 3.13. The minimum absolute atomic E-state index is 0.0421. The zero-order valence-corrected chi connectivity index (χ0v) is 18.7. The Kier molecular flexibility index (Phi) is 6.03. The van der Waals surface area contributed by atoms with E-state index in [1.807, 2.05) is 13.8 Å². The van der Waals surface area contributed by atoms with E-state index in [9.17, 15) is 22.8 Å². The van der Waals surface area contributed by atoms with Crippen LogP contribution in [0.1, 0.15) is 19.4 Å². The van der Waals surface area contributed by atoms with Crippen LogP contribution in [0.3, 0.4) is 0 Å². The van der Waals surface area contributed by atoms with Crippen LogP contribution in [0.4, 0.5) is 13.2 Å². The molecule has 0 spiro atoms. The van der Waals surface area contributed by atoms with Crippen molar-refractivity contribution in [3.8, 4) is 17.0 Å². The first-order valence-electron chi connectivity index (χ1n) is 10.5. The molecule has 4 aromatic rings. The predicted molar refractivity (Wildman–Crippen MR) is 120 cm³/mol. The fourth-order valence-electron chi connectivity index (χ4n) is 3.82. The van der Waals surface area contributed by atoms with Crippen LogP contribution in [0.2, 0.25) is 0 Å². The lowest BCUT2D eigenvalue weighted by Crippen LogP contribution is -2.38. The molecule has 0 aliphatic carbocycles. The summed E-state index contributed by atoms with van der Waals surface area (Å²) in [5.74, 6) is -0.260. The molecule has 3 aromatic heterocycles. The van der Waals surface area contributed by atoms with Crippen molar-refractivity contribution >= 4 is 11.0 Å². The second-order valence-electron chi connectivity index (χ2n) is 8.29. The van der Waals surface area contributed by atoms with Gasteiger partial charge in [-0.25, -0.2) is 4.79 Å². The molecule has 0 saturated carbocycles. The molecule has 0 bridgehead atoms. The Balaban J connectivity index is 1.95. The molecule has 178 valence electrons. The molecule has 3 heterocycles. The van der Waals surface area contributed by atoms with Gasteiger partial charge in [0, 0.05) is 31.5 Å². The monoisotopic (exact) mass is 473 g/mol. The van der Waals surface area contributed by atoms with Crippen LogP contribution in [0, 0.1) is 5.92 Å². The molecule has 34 heavy (non-hydrogen) atoms. The number of ether oxygens (including phenoxy) is 1. The van der Waals surface area contributed by atoms with Crippen molar-refractivity contribution in [1.82, 2.24) is 23.9 Å². The van der Waals surface area contributed by atoms with E-state index in [4.69, 9.17) is 0 Å². The van der Waals surface area contributed by atoms with Crippen LogP contribution in [-0.4, -0.2) is 30.3 Å². The van der Waals surface area contributed by atoms with Gasteiger partial charge in [-0.2, -0.15) is 5.10 Å². The Morgan fingerprint density at radius 2 is 1.79 bits per heavy atom. The molecule has 0 N–H and O–H groups in total. The normalized spacial score (nSPS) is 12.0. The minimum atomic E-state index is -4.82. The first-order chi connectivity index (χ1) is 16.0. The second kappa shape index (κ2) is 8.81. The van der Waals surface area contributed by atoms with Gasteiger partial charge in [0.2, 0.25) is 0 Å². The molecule has 0 saturated heterocycles. The third-order valence-electron chi connectivity index (χ3n) is 5.19. The number of alkyl halides is 3. The number of aromatic nitrogens is 5. The average molecular weight is 473 g/mol. The topological polar surface area (TPSA) is 83.9 Å². The number of benzene rings is 1. The maximum Gasteiger partial charge on any atom is 0.573 e. The number of rotatable bonds is 6. The summed E-state index contributed by atoms with van der Waals surface area (Å²) in [5.41, 5.74) is 0.769. The SMILES string of the molecule is CC(C)Cn1c(=O)n(C)c(=O)c2c(-c3ccncc3)n(Cc3cccc(OC(F)(F)F)c3)nc21. The van der Waals surface area contributed by atoms with E-state index in [1.165, 1.54) is 34.5 Å². The number of halogens is 3. The highest BCUT2D eigenvalue weighted by Crippen LogP contribution is 2.28. The summed E-state index contributed by atoms with van der Waals surface area (Å²) in [5, 5.41) is 4.83. The standard InChI is InChI=1S/C23H22F3N5O3/c1-14(2)12-30-20-18(21(32)29(3)22(30)33)19(16-7-9-27-10-8-16)31(28-20)13-15-5-4-6-17(11-15)34-23(24,25)26/h4-11,14H,12-13H2,1-3H3. The summed E-state index contributed by atoms with van der Waals surface area (Å²) in [6, 6.07) is 8.94. The smallest absolute Gasteiger partial charge is 0.406 e. The maximum atomic E-state index is 13.2. The molecule has 8 nitrogen and oxygen atoms in total. The van der Waals surface area contributed by atoms with E-state index >= 15 is 0 Å². The molecule has 0 radical (unpaired) electrons. The lowest BCUT2D eigenvalue weighted by Gasteiger charge is -2.11. The van der Waals surface area contributed by atoms with E-state index in [2.05, 4.69) is 14.8 Å². The number of pyridine rings is 1. The molecule has 0 aliphatic heterocycles. The van der Waals surface area contributed by atoms with Gasteiger partial charge >= 0.3 is 12.1 Å². The highest BCUT2D eigenvalue weighted by molar-refractivity contribution is 5.90. The number of hydrogen-bond acceptors (Lipinski definition) is 5. The van der Waals surface area contributed by atoms with Crippen LogP contribution in [0.5, 0.6) is 5.75 Å². The summed E-state index contributed by atoms with van der Waals surface area (Å²) in [4.78, 5) is 30.1. The largest absolute Gasteiger partial charge is 0.573 e. The van der Waals surface area contributed by atoms with Gasteiger partial charge in [-0.3, -0.25) is 23.6 Å². The van der Waals surface area contributed by atoms with E-state index in [0.29, 0.717) is 23.4 Å². The summed E-state index contributed by atoms with van der Waals surface area (Å²) in [6.07, 6.45) is -1.70. The number of fused-ring (bicyclic) bond motifs is 1. The Morgan fingerprint density at radius 1 is 1.09 bits per heavy atom. The molecule has 0 atom stereocenters. The lowest BCUT2D eigenvalue weighted by atomic mass is 10.1. The third-order valence-corrected chi connectivity index (χ3v) is 5.19. The van der Waals surface area contributed by atoms with Crippen LogP contribution in [0.15, 0.2) is 58.4 Å². The predicted octanol–water partition coefficient (Wildman–Crippen LogP) is 3.56. The van der Waals surface area contributed by atoms with E-state index < -0.39 is 17.6 Å². The molecular formula is C23H22F3N5O3. The van der Waals surface area contributed by atoms with Gasteiger partial charge < -0.3 is 4.74 Å². The third kappa shape index (κ3) is 4.59. The van der Waals surface area contributed by atoms with Crippen molar-refractivity contribution in [3.05, 3.63) is 75.2 Å². The fourth-order valence-corrected chi connectivity index (χ4v) is 3.82. The quantitative estimate of drug-likeness (QED) is 0.428. The highest BCUT2D eigenvalue weighted by atomic mass is 19.4. The van der Waals surface area contributed by atoms with E-state index in [0.717, 1.165) is 4.57 Å². The zero-order chi connectivity index (χ0) is 24.6. The second-order valence-corrected chi connectivity index (χ2v) is 8.29. The number of hydrogen-bond donors (Lipinski definition) is 0. The van der Waals surface area contributed by atoms with Crippen LogP contribution in [0.25, 0.3) is 22.3 Å². The van der Waals surface area contributed by atoms with E-state index in [1.54, 1.807) is 30.6 Å². The first-order valence-corrected chi connectivity index (χ1v) is 10.5. The molecule has 0 amide bonds. The molecule has 11 heteroatoms. The Hall–Kier alpha value is -3.89. The van der Waals surface area contributed by atoms with Gasteiger partial charge in [0.05, 0.1) is 12.2 Å². The van der Waals surface area contributed by atoms with Gasteiger partial charge in [0.25, 0.3) is 5.56 Å². The van der Waals surface area contributed by atoms with Gasteiger partial charge in [-0.1, -0.05) is 26.0 Å². The van der Waals surface area contributed by atoms with Gasteiger partial charge in [-0.15, -0.1) is 13.2 Å². The summed E-state index contributed by atoms with van der Waals surface area (Å²) >= 11 is 0. The summed E-state index contributed by atoms with van der Waals surface area (Å²) in [6.45, 7) is 4.26. The Labute approximate surface area is 191 Å². The van der Waals surface area contributed by atoms with E-state index in [-0.39, 0.29) is 29.2 Å². The molecule has 0 fully saturated rings. The summed E-state index contributed by atoms with van der Waals surface area (Å²) < 4.78 is 46.1. The fraction of sp³-hybridized carbons (Fsp3) is 0.304. The lowest BCUT2D eigenvalue weighted by molar-refractivity contribution is -0.274. The number of nitrogens with zero attached hydrogens (tertiary/aromatic N) is 5. The van der Waals surface area contributed by atoms with Crippen molar-refractivity contribution in [3.63, 3.8) is 0 Å². The maximum absolute atomic E-state index is 13.2. The Morgan fingerprint density at radius 3 is 2.44 bits per heavy atom. The van der Waals surface area contributed by atoms with Crippen LogP contribution >= 0.6 is 0 Å². The van der Waals surface area contributed by atoms with Gasteiger partial charge in [0.1, 0.15) is 11.1 Å². The van der Waals surface area contributed by atoms with Crippen molar-refractivity contribution in [2.75, 3.05) is 0 Å². The highest BCUT2D eigenvalue weighted by Gasteiger charge is 2.31. The van der Waals surface area contributed by atoms with Crippen LogP contribution in [-0.2, 0) is 20.1 Å². The minimum Gasteiger partial charge on any atom is -0.406 e. The van der Waals surface area contributed by atoms with Crippen molar-refractivity contribution in [1.29, 1.82) is 0 Å². The Bertz CT molecular complexity index is 1450. The molecule has 1 aromatic carbocycles. The first kappa shape index (κ1) is 23.3. The molecular weight excluding hydrogens is 451 g/mol. The van der Waals surface area contributed by atoms with Crippen molar-refractivity contribution in [2.24, 2.45) is 13.0 Å². The van der Waals surface area contributed by atoms with Gasteiger partial charge in [0.15, 0.2) is 5.65 Å². The molecule has 0 unspecified atom stereocenters. The van der Waals surface area contributed by atoms with Crippen molar-refractivity contribution in [2.45, 2.75) is 33.3 Å². The van der Waals surface area contributed by atoms with Crippen LogP contribution < -0.4 is 16.0 Å². The zero-order valence-electron chi connectivity index (χ0n) is 18.7. The molecule has 4 rings (SSSR count). The summed E-state index contributed by atoms with van der Waals surface area (Å²) in [7, 11) is 1.41. The van der Waals surface area contributed by atoms with Gasteiger partial charge in [-0.05, 0) is 35.7 Å². The molecule has 0 aliphatic rings. The van der Waals surface area contributed by atoms with Crippen molar-refractivity contribution < 1.29 is 17.9 Å².